The van der Waals surface area contributed by atoms with Crippen molar-refractivity contribution in [3.05, 3.63) is 48.6 Å². The second kappa shape index (κ2) is 30.4. The molecule has 0 heterocycles. The van der Waals surface area contributed by atoms with Crippen molar-refractivity contribution in [1.29, 1.82) is 0 Å². The fourth-order valence-corrected chi connectivity index (χ4v) is 1.43. The molecule has 34 heavy (non-hydrogen) atoms. The number of ether oxygens (including phenoxy) is 3. The average Bonchev–Trinajstić information content (AvgIpc) is 2.78. The Kier molecular flexibility index (Phi) is 34.5. The van der Waals surface area contributed by atoms with Crippen molar-refractivity contribution in [3.8, 4) is 0 Å². The van der Waals surface area contributed by atoms with Crippen LogP contribution in [0.2, 0.25) is 0 Å². The first-order chi connectivity index (χ1) is 15.9. The van der Waals surface area contributed by atoms with Crippen molar-refractivity contribution in [2.45, 2.75) is 107 Å². The summed E-state index contributed by atoms with van der Waals surface area (Å²) in [6.07, 6.45) is 8.24. The summed E-state index contributed by atoms with van der Waals surface area (Å²) >= 11 is 0. The van der Waals surface area contributed by atoms with Crippen molar-refractivity contribution < 1.29 is 28.6 Å². The summed E-state index contributed by atoms with van der Waals surface area (Å²) in [7, 11) is 0. The van der Waals surface area contributed by atoms with Crippen molar-refractivity contribution >= 4 is 18.4 Å². The van der Waals surface area contributed by atoms with E-state index in [1.807, 2.05) is 51.1 Å². The smallest absolute Gasteiger partial charge is 0.302 e. The van der Waals surface area contributed by atoms with Gasteiger partial charge in [-0.15, -0.1) is 0 Å². The molecule has 0 aliphatic heterocycles. The molecule has 1 aromatic carbocycles. The SMILES string of the molecule is C=CCOC(C)=O.CC(=O)OCc1ccccc1.CC(C)(C)OC=O.CCCC.CCCCC. The number of esters is 2. The third-order valence-corrected chi connectivity index (χ3v) is 3.30. The Balaban J connectivity index is -0.000000174. The third-order valence-electron chi connectivity index (χ3n) is 3.30. The van der Waals surface area contributed by atoms with Crippen LogP contribution in [0.15, 0.2) is 43.0 Å². The molecule has 198 valence electrons. The predicted octanol–water partition coefficient (Wildman–Crippen LogP) is 7.45. The first-order valence-corrected chi connectivity index (χ1v) is 12.0. The highest BCUT2D eigenvalue weighted by Gasteiger charge is 2.07. The van der Waals surface area contributed by atoms with E-state index >= 15 is 0 Å². The van der Waals surface area contributed by atoms with Crippen LogP contribution in [0.1, 0.15) is 100.0 Å². The second-order valence-electron chi connectivity index (χ2n) is 8.04. The van der Waals surface area contributed by atoms with Gasteiger partial charge in [-0.05, 0) is 26.3 Å². The van der Waals surface area contributed by atoms with E-state index in [4.69, 9.17) is 4.74 Å². The van der Waals surface area contributed by atoms with Gasteiger partial charge in [-0.25, -0.2) is 0 Å². The molecular formula is C28H50O6. The zero-order valence-electron chi connectivity index (χ0n) is 23.1. The molecule has 0 N–H and O–H groups in total. The van der Waals surface area contributed by atoms with Crippen LogP contribution < -0.4 is 0 Å². The molecule has 0 bridgehead atoms. The molecule has 0 atom stereocenters. The van der Waals surface area contributed by atoms with Crippen LogP contribution >= 0.6 is 0 Å². The maximum Gasteiger partial charge on any atom is 0.302 e. The lowest BCUT2D eigenvalue weighted by Crippen LogP contribution is -2.17. The number of benzene rings is 1. The average molecular weight is 483 g/mol. The first-order valence-electron chi connectivity index (χ1n) is 12.0. The van der Waals surface area contributed by atoms with Gasteiger partial charge in [0.2, 0.25) is 0 Å². The maximum absolute atomic E-state index is 10.4. The molecule has 1 rings (SSSR count). The minimum Gasteiger partial charge on any atom is -0.462 e. The molecule has 0 aliphatic rings. The van der Waals surface area contributed by atoms with E-state index in [9.17, 15) is 14.4 Å². The van der Waals surface area contributed by atoms with Gasteiger partial charge in [0.05, 0.1) is 0 Å². The van der Waals surface area contributed by atoms with Crippen molar-refractivity contribution in [2.75, 3.05) is 6.61 Å². The largest absolute Gasteiger partial charge is 0.462 e. The summed E-state index contributed by atoms with van der Waals surface area (Å²) in [5.41, 5.74) is 0.699. The molecule has 0 aliphatic carbocycles. The van der Waals surface area contributed by atoms with Crippen molar-refractivity contribution in [2.24, 2.45) is 0 Å². The molecule has 0 saturated heterocycles. The van der Waals surface area contributed by atoms with E-state index in [2.05, 4.69) is 43.7 Å². The fraction of sp³-hybridized carbons (Fsp3) is 0.607. The van der Waals surface area contributed by atoms with Crippen molar-refractivity contribution in [1.82, 2.24) is 0 Å². The summed E-state index contributed by atoms with van der Waals surface area (Å²) in [5.74, 6) is -0.506. The van der Waals surface area contributed by atoms with Crippen LogP contribution in [0.5, 0.6) is 0 Å². The Morgan fingerprint density at radius 1 is 0.853 bits per heavy atom. The summed E-state index contributed by atoms with van der Waals surface area (Å²) in [6, 6.07) is 9.60. The second-order valence-corrected chi connectivity index (χ2v) is 8.04. The van der Waals surface area contributed by atoms with E-state index in [0.29, 0.717) is 19.7 Å². The third kappa shape index (κ3) is 51.8. The van der Waals surface area contributed by atoms with Gasteiger partial charge in [0.15, 0.2) is 0 Å². The topological polar surface area (TPSA) is 78.9 Å². The Bertz CT molecular complexity index is 572. The zero-order valence-corrected chi connectivity index (χ0v) is 23.1. The lowest BCUT2D eigenvalue weighted by Gasteiger charge is -2.14. The molecule has 1 aromatic rings. The molecule has 0 saturated carbocycles. The fourth-order valence-electron chi connectivity index (χ4n) is 1.43. The van der Waals surface area contributed by atoms with Gasteiger partial charge in [0.25, 0.3) is 6.47 Å². The number of unbranched alkanes of at least 4 members (excludes halogenated alkanes) is 3. The molecule has 0 spiro atoms. The van der Waals surface area contributed by atoms with Gasteiger partial charge < -0.3 is 14.2 Å². The van der Waals surface area contributed by atoms with E-state index in [-0.39, 0.29) is 17.5 Å². The highest BCUT2D eigenvalue weighted by Crippen LogP contribution is 2.02. The molecule has 0 amide bonds. The Labute approximate surface area is 209 Å². The van der Waals surface area contributed by atoms with Crippen molar-refractivity contribution in [3.63, 3.8) is 0 Å². The van der Waals surface area contributed by atoms with Crippen LogP contribution in [0.4, 0.5) is 0 Å². The number of hydrogen-bond donors (Lipinski definition) is 0. The number of carbonyl (C=O) groups is 3. The normalized spacial score (nSPS) is 8.85. The quantitative estimate of drug-likeness (QED) is 0.166. The number of hydrogen-bond acceptors (Lipinski definition) is 6. The van der Waals surface area contributed by atoms with Crippen LogP contribution in [-0.4, -0.2) is 30.6 Å². The molecule has 6 heteroatoms. The van der Waals surface area contributed by atoms with Crippen LogP contribution in [0.3, 0.4) is 0 Å². The van der Waals surface area contributed by atoms with E-state index in [0.717, 1.165) is 5.56 Å². The molecule has 0 radical (unpaired) electrons. The Hall–Kier alpha value is -2.63. The van der Waals surface area contributed by atoms with Gasteiger partial charge in [-0.1, -0.05) is 103 Å². The van der Waals surface area contributed by atoms with Gasteiger partial charge in [0.1, 0.15) is 18.8 Å². The Morgan fingerprint density at radius 2 is 1.32 bits per heavy atom. The highest BCUT2D eigenvalue weighted by atomic mass is 16.5. The molecule has 0 aromatic heterocycles. The molecule has 0 fully saturated rings. The van der Waals surface area contributed by atoms with E-state index in [1.165, 1.54) is 52.0 Å². The minimum atomic E-state index is -0.318. The summed E-state index contributed by atoms with van der Waals surface area (Å²) < 4.78 is 13.8. The lowest BCUT2D eigenvalue weighted by molar-refractivity contribution is -0.142. The van der Waals surface area contributed by atoms with E-state index in [1.54, 1.807) is 0 Å². The first kappa shape index (κ1) is 38.6. The summed E-state index contributed by atoms with van der Waals surface area (Å²) in [5, 5.41) is 0. The van der Waals surface area contributed by atoms with Crippen LogP contribution in [-0.2, 0) is 35.2 Å². The minimum absolute atomic E-state index is 0.242. The van der Waals surface area contributed by atoms with Crippen LogP contribution in [0, 0.1) is 0 Å². The predicted molar refractivity (Wildman–Crippen MR) is 141 cm³/mol. The van der Waals surface area contributed by atoms with E-state index < -0.39 is 0 Å². The Morgan fingerprint density at radius 3 is 1.53 bits per heavy atom. The number of rotatable bonds is 8. The molecule has 6 nitrogen and oxygen atoms in total. The molecular weight excluding hydrogens is 432 g/mol. The van der Waals surface area contributed by atoms with Gasteiger partial charge in [-0.3, -0.25) is 14.4 Å². The highest BCUT2D eigenvalue weighted by molar-refractivity contribution is 5.66. The van der Waals surface area contributed by atoms with Gasteiger partial charge in [0, 0.05) is 13.8 Å². The monoisotopic (exact) mass is 482 g/mol. The maximum atomic E-state index is 10.4. The summed E-state index contributed by atoms with van der Waals surface area (Å²) in [6.45, 7) is 21.5. The van der Waals surface area contributed by atoms with Gasteiger partial charge in [-0.2, -0.15) is 0 Å². The summed E-state index contributed by atoms with van der Waals surface area (Å²) in [4.78, 5) is 29.9. The standard InChI is InChI=1S/C9H10O2.C5H10O2.C5H8O2.C5H12.C4H10/c1-8(10)11-7-9-5-3-2-4-6-9;1-5(2,3)7-4-6;1-3-4-7-5(2)6;1-3-5-4-2;1-3-4-2/h2-6H,7H2,1H3;4H,1-3H3;3H,1,4H2,2H3;3-5H2,1-2H3;3-4H2,1-2H3. The lowest BCUT2D eigenvalue weighted by atomic mass is 10.2. The molecule has 0 unspecified atom stereocenters. The van der Waals surface area contributed by atoms with Gasteiger partial charge >= 0.3 is 11.9 Å². The zero-order chi connectivity index (χ0) is 27.3. The number of carbonyl (C=O) groups excluding carboxylic acids is 3. The van der Waals surface area contributed by atoms with Crippen LogP contribution in [0.25, 0.3) is 0 Å².